The molecular formula is C11H8N2OS. The van der Waals surface area contributed by atoms with Crippen LogP contribution in [0.25, 0.3) is 10.8 Å². The molecule has 2 aromatic rings. The Morgan fingerprint density at radius 1 is 1.53 bits per heavy atom. The zero-order chi connectivity index (χ0) is 10.3. The minimum atomic E-state index is 0.514. The second-order valence-corrected chi connectivity index (χ2v) is 4.60. The third-order valence-corrected chi connectivity index (χ3v) is 3.44. The first-order valence-electron chi connectivity index (χ1n) is 4.83. The van der Waals surface area contributed by atoms with Crippen molar-refractivity contribution in [3.05, 3.63) is 29.0 Å². The van der Waals surface area contributed by atoms with E-state index < -0.39 is 0 Å². The van der Waals surface area contributed by atoms with Crippen molar-refractivity contribution in [2.24, 2.45) is 0 Å². The van der Waals surface area contributed by atoms with Crippen LogP contribution in [0.15, 0.2) is 22.8 Å². The highest BCUT2D eigenvalue weighted by atomic mass is 32.1. The average molecular weight is 216 g/mol. The molecular weight excluding hydrogens is 208 g/mol. The van der Waals surface area contributed by atoms with Gasteiger partial charge in [0.1, 0.15) is 10.9 Å². The highest BCUT2D eigenvalue weighted by Crippen LogP contribution is 2.43. The largest absolute Gasteiger partial charge is 0.462 e. The fourth-order valence-electron chi connectivity index (χ4n) is 1.55. The Kier molecular flexibility index (Phi) is 1.86. The summed E-state index contributed by atoms with van der Waals surface area (Å²) in [5, 5.41) is 9.81. The standard InChI is InChI=1S/C11H8N2OS/c12-6-9-10(7-3-4-7)13-11(15-9)8-2-1-5-14-8/h1-2,5,7H,3-4H2. The van der Waals surface area contributed by atoms with Crippen LogP contribution in [0.5, 0.6) is 0 Å². The van der Waals surface area contributed by atoms with E-state index in [0.717, 1.165) is 34.2 Å². The number of thiazole rings is 1. The molecule has 15 heavy (non-hydrogen) atoms. The summed E-state index contributed by atoms with van der Waals surface area (Å²) >= 11 is 1.42. The van der Waals surface area contributed by atoms with E-state index in [9.17, 15) is 0 Å². The van der Waals surface area contributed by atoms with Gasteiger partial charge in [-0.05, 0) is 25.0 Å². The highest BCUT2D eigenvalue weighted by Gasteiger charge is 2.30. The molecule has 2 heterocycles. The van der Waals surface area contributed by atoms with Crippen LogP contribution in [0.1, 0.15) is 29.3 Å². The van der Waals surface area contributed by atoms with Crippen LogP contribution < -0.4 is 0 Å². The fraction of sp³-hybridized carbons (Fsp3) is 0.273. The van der Waals surface area contributed by atoms with E-state index in [4.69, 9.17) is 9.68 Å². The number of rotatable bonds is 2. The maximum absolute atomic E-state index is 9.00. The number of nitriles is 1. The Balaban J connectivity index is 2.07. The van der Waals surface area contributed by atoms with E-state index in [2.05, 4.69) is 11.1 Å². The number of nitrogens with zero attached hydrogens (tertiary/aromatic N) is 2. The van der Waals surface area contributed by atoms with Gasteiger partial charge in [-0.2, -0.15) is 5.26 Å². The van der Waals surface area contributed by atoms with E-state index in [0.29, 0.717) is 5.92 Å². The lowest BCUT2D eigenvalue weighted by molar-refractivity contribution is 0.581. The Morgan fingerprint density at radius 2 is 2.40 bits per heavy atom. The Bertz CT molecular complexity index is 517. The van der Waals surface area contributed by atoms with E-state index in [1.807, 2.05) is 12.1 Å². The van der Waals surface area contributed by atoms with Gasteiger partial charge in [0.05, 0.1) is 12.0 Å². The molecule has 0 bridgehead atoms. The molecule has 0 aliphatic heterocycles. The van der Waals surface area contributed by atoms with Crippen molar-refractivity contribution in [1.29, 1.82) is 5.26 Å². The first-order valence-corrected chi connectivity index (χ1v) is 5.65. The first kappa shape index (κ1) is 8.69. The summed E-state index contributed by atoms with van der Waals surface area (Å²) in [6, 6.07) is 5.92. The number of hydrogen-bond acceptors (Lipinski definition) is 4. The van der Waals surface area contributed by atoms with Crippen molar-refractivity contribution in [1.82, 2.24) is 4.98 Å². The SMILES string of the molecule is N#Cc1sc(-c2ccco2)nc1C1CC1. The maximum atomic E-state index is 9.00. The van der Waals surface area contributed by atoms with Gasteiger partial charge in [0.2, 0.25) is 0 Å². The van der Waals surface area contributed by atoms with Crippen molar-refractivity contribution in [3.8, 4) is 16.8 Å². The fourth-order valence-corrected chi connectivity index (χ4v) is 2.47. The Morgan fingerprint density at radius 3 is 3.00 bits per heavy atom. The van der Waals surface area contributed by atoms with Gasteiger partial charge in [0.15, 0.2) is 10.8 Å². The van der Waals surface area contributed by atoms with Gasteiger partial charge in [-0.15, -0.1) is 0 Å². The second kappa shape index (κ2) is 3.21. The predicted molar refractivity (Wildman–Crippen MR) is 56.5 cm³/mol. The molecule has 74 valence electrons. The van der Waals surface area contributed by atoms with Crippen molar-refractivity contribution in [2.45, 2.75) is 18.8 Å². The van der Waals surface area contributed by atoms with E-state index in [1.165, 1.54) is 11.3 Å². The van der Waals surface area contributed by atoms with Crippen LogP contribution in [-0.2, 0) is 0 Å². The van der Waals surface area contributed by atoms with E-state index in [-0.39, 0.29) is 0 Å². The second-order valence-electron chi connectivity index (χ2n) is 3.60. The summed E-state index contributed by atoms with van der Waals surface area (Å²) in [5.41, 5.74) is 0.967. The lowest BCUT2D eigenvalue weighted by Gasteiger charge is -1.88. The highest BCUT2D eigenvalue weighted by molar-refractivity contribution is 7.15. The molecule has 3 rings (SSSR count). The summed E-state index contributed by atoms with van der Waals surface area (Å²) in [6.45, 7) is 0. The summed E-state index contributed by atoms with van der Waals surface area (Å²) in [4.78, 5) is 5.23. The van der Waals surface area contributed by atoms with Crippen LogP contribution in [0.2, 0.25) is 0 Å². The van der Waals surface area contributed by atoms with Gasteiger partial charge in [0.25, 0.3) is 0 Å². The molecule has 0 atom stereocenters. The summed E-state index contributed by atoms with van der Waals surface area (Å²) < 4.78 is 5.27. The van der Waals surface area contributed by atoms with Gasteiger partial charge in [0, 0.05) is 5.92 Å². The third kappa shape index (κ3) is 1.45. The van der Waals surface area contributed by atoms with Crippen LogP contribution in [-0.4, -0.2) is 4.98 Å². The molecule has 0 saturated heterocycles. The minimum absolute atomic E-state index is 0.514. The van der Waals surface area contributed by atoms with Crippen LogP contribution in [0.4, 0.5) is 0 Å². The smallest absolute Gasteiger partial charge is 0.162 e. The van der Waals surface area contributed by atoms with Crippen LogP contribution >= 0.6 is 11.3 Å². The maximum Gasteiger partial charge on any atom is 0.162 e. The van der Waals surface area contributed by atoms with Crippen LogP contribution in [0, 0.1) is 11.3 Å². The number of aromatic nitrogens is 1. The van der Waals surface area contributed by atoms with E-state index in [1.54, 1.807) is 6.26 Å². The molecule has 1 saturated carbocycles. The van der Waals surface area contributed by atoms with Crippen molar-refractivity contribution in [3.63, 3.8) is 0 Å². The Labute approximate surface area is 91.0 Å². The lowest BCUT2D eigenvalue weighted by Crippen LogP contribution is -1.82. The number of furan rings is 1. The molecule has 1 fully saturated rings. The van der Waals surface area contributed by atoms with Crippen molar-refractivity contribution < 1.29 is 4.42 Å². The molecule has 0 N–H and O–H groups in total. The topological polar surface area (TPSA) is 49.8 Å². The monoisotopic (exact) mass is 216 g/mol. The van der Waals surface area contributed by atoms with E-state index >= 15 is 0 Å². The summed E-state index contributed by atoms with van der Waals surface area (Å²) in [5.74, 6) is 1.27. The van der Waals surface area contributed by atoms with Gasteiger partial charge in [-0.3, -0.25) is 0 Å². The van der Waals surface area contributed by atoms with Gasteiger partial charge in [-0.25, -0.2) is 4.98 Å². The number of hydrogen-bond donors (Lipinski definition) is 0. The zero-order valence-electron chi connectivity index (χ0n) is 7.93. The molecule has 0 unspecified atom stereocenters. The first-order chi connectivity index (χ1) is 7.38. The van der Waals surface area contributed by atoms with Gasteiger partial charge in [-0.1, -0.05) is 11.3 Å². The summed E-state index contributed by atoms with van der Waals surface area (Å²) in [7, 11) is 0. The van der Waals surface area contributed by atoms with Crippen molar-refractivity contribution >= 4 is 11.3 Å². The molecule has 3 nitrogen and oxygen atoms in total. The molecule has 0 aromatic carbocycles. The normalized spacial score (nSPS) is 15.1. The lowest BCUT2D eigenvalue weighted by atomic mass is 10.2. The molecule has 2 aromatic heterocycles. The molecule has 1 aliphatic carbocycles. The minimum Gasteiger partial charge on any atom is -0.462 e. The molecule has 4 heteroatoms. The molecule has 0 radical (unpaired) electrons. The average Bonchev–Trinajstić information content (AvgIpc) is 2.83. The predicted octanol–water partition coefficient (Wildman–Crippen LogP) is 3.15. The quantitative estimate of drug-likeness (QED) is 0.774. The van der Waals surface area contributed by atoms with Crippen LogP contribution in [0.3, 0.4) is 0 Å². The third-order valence-electron chi connectivity index (χ3n) is 2.45. The van der Waals surface area contributed by atoms with Gasteiger partial charge >= 0.3 is 0 Å². The zero-order valence-corrected chi connectivity index (χ0v) is 8.75. The Hall–Kier alpha value is -1.60. The molecule has 0 spiro atoms. The molecule has 0 amide bonds. The summed E-state index contributed by atoms with van der Waals surface area (Å²) in [6.07, 6.45) is 3.95. The van der Waals surface area contributed by atoms with Crippen molar-refractivity contribution in [2.75, 3.05) is 0 Å². The van der Waals surface area contributed by atoms with Gasteiger partial charge < -0.3 is 4.42 Å². The molecule has 1 aliphatic rings.